The normalized spacial score (nSPS) is 10.4. The van der Waals surface area contributed by atoms with Crippen molar-refractivity contribution in [3.05, 3.63) is 96.1 Å². The van der Waals surface area contributed by atoms with Crippen molar-refractivity contribution in [3.63, 3.8) is 0 Å². The number of carbonyl (C=O) groups is 1. The molecule has 2 aromatic heterocycles. The molecule has 1 aromatic carbocycles. The van der Waals surface area contributed by atoms with Crippen molar-refractivity contribution in [2.45, 2.75) is 13.1 Å². The zero-order chi connectivity index (χ0) is 16.1. The van der Waals surface area contributed by atoms with Crippen LogP contribution in [0.5, 0.6) is 0 Å². The SMILES string of the molecule is O=C(O)c1cc(C[n+]2ccccc2)ccc1C[n+]1ccccc1. The van der Waals surface area contributed by atoms with Gasteiger partial charge in [0.15, 0.2) is 37.9 Å². The highest BCUT2D eigenvalue weighted by molar-refractivity contribution is 5.89. The highest BCUT2D eigenvalue weighted by Gasteiger charge is 2.15. The summed E-state index contributed by atoms with van der Waals surface area (Å²) in [5.74, 6) is -0.892. The Morgan fingerprint density at radius 3 is 1.96 bits per heavy atom. The molecule has 0 aliphatic rings. The first-order valence-electron chi connectivity index (χ1n) is 7.45. The van der Waals surface area contributed by atoms with Crippen molar-refractivity contribution < 1.29 is 19.0 Å². The fraction of sp³-hybridized carbons (Fsp3) is 0.105. The Labute approximate surface area is 134 Å². The first-order valence-corrected chi connectivity index (χ1v) is 7.45. The highest BCUT2D eigenvalue weighted by atomic mass is 16.4. The van der Waals surface area contributed by atoms with Gasteiger partial charge in [0.05, 0.1) is 5.56 Å². The summed E-state index contributed by atoms with van der Waals surface area (Å²) in [5, 5.41) is 9.52. The second kappa shape index (κ2) is 6.83. The molecule has 0 spiro atoms. The number of hydrogen-bond acceptors (Lipinski definition) is 1. The maximum absolute atomic E-state index is 11.6. The van der Waals surface area contributed by atoms with E-state index in [1.807, 2.05) is 82.5 Å². The van der Waals surface area contributed by atoms with E-state index >= 15 is 0 Å². The summed E-state index contributed by atoms with van der Waals surface area (Å²) in [6.45, 7) is 1.20. The predicted molar refractivity (Wildman–Crippen MR) is 84.9 cm³/mol. The van der Waals surface area contributed by atoms with Crippen molar-refractivity contribution in [1.29, 1.82) is 0 Å². The van der Waals surface area contributed by atoms with Gasteiger partial charge >= 0.3 is 5.97 Å². The van der Waals surface area contributed by atoms with Gasteiger partial charge in [-0.1, -0.05) is 24.3 Å². The lowest BCUT2D eigenvalue weighted by molar-refractivity contribution is -0.689. The van der Waals surface area contributed by atoms with Crippen LogP contribution in [0.2, 0.25) is 0 Å². The number of rotatable bonds is 5. The molecular formula is C19H18N2O2+2. The van der Waals surface area contributed by atoms with Crippen LogP contribution in [-0.2, 0) is 13.1 Å². The maximum atomic E-state index is 11.6. The lowest BCUT2D eigenvalue weighted by atomic mass is 10.0. The van der Waals surface area contributed by atoms with Gasteiger partial charge in [0.2, 0.25) is 0 Å². The summed E-state index contributed by atoms with van der Waals surface area (Å²) >= 11 is 0. The summed E-state index contributed by atoms with van der Waals surface area (Å²) in [6, 6.07) is 17.3. The zero-order valence-corrected chi connectivity index (χ0v) is 12.7. The average Bonchev–Trinajstić information content (AvgIpc) is 2.58. The summed E-state index contributed by atoms with van der Waals surface area (Å²) in [5.41, 5.74) is 2.13. The molecule has 4 nitrogen and oxygen atoms in total. The molecule has 4 heteroatoms. The van der Waals surface area contributed by atoms with Gasteiger partial charge in [-0.3, -0.25) is 0 Å². The Morgan fingerprint density at radius 1 is 0.826 bits per heavy atom. The Morgan fingerprint density at radius 2 is 1.39 bits per heavy atom. The number of hydrogen-bond donors (Lipinski definition) is 1. The first kappa shape index (κ1) is 14.9. The number of aromatic carboxylic acids is 1. The van der Waals surface area contributed by atoms with Gasteiger partial charge in [-0.25, -0.2) is 13.9 Å². The van der Waals surface area contributed by atoms with E-state index in [9.17, 15) is 9.90 Å². The number of pyridine rings is 2. The molecule has 1 N–H and O–H groups in total. The summed E-state index contributed by atoms with van der Waals surface area (Å²) in [4.78, 5) is 11.6. The molecule has 0 radical (unpaired) electrons. The zero-order valence-electron chi connectivity index (χ0n) is 12.7. The molecule has 0 atom stereocenters. The van der Waals surface area contributed by atoms with Gasteiger partial charge in [0.1, 0.15) is 0 Å². The molecular weight excluding hydrogens is 288 g/mol. The van der Waals surface area contributed by atoms with Crippen molar-refractivity contribution in [1.82, 2.24) is 0 Å². The van der Waals surface area contributed by atoms with Crippen LogP contribution in [0.25, 0.3) is 0 Å². The quantitative estimate of drug-likeness (QED) is 0.733. The summed E-state index contributed by atoms with van der Waals surface area (Å²) < 4.78 is 3.99. The van der Waals surface area contributed by atoms with Crippen molar-refractivity contribution >= 4 is 5.97 Å². The number of carboxylic acids is 1. The van der Waals surface area contributed by atoms with Crippen LogP contribution < -0.4 is 9.13 Å². The number of carboxylic acid groups (broad SMARTS) is 1. The largest absolute Gasteiger partial charge is 0.478 e. The summed E-state index contributed by atoms with van der Waals surface area (Å²) in [6.07, 6.45) is 7.79. The topological polar surface area (TPSA) is 45.1 Å². The van der Waals surface area contributed by atoms with Crippen LogP contribution in [-0.4, -0.2) is 11.1 Å². The van der Waals surface area contributed by atoms with E-state index in [0.717, 1.165) is 11.1 Å². The van der Waals surface area contributed by atoms with Gasteiger partial charge < -0.3 is 5.11 Å². The lowest BCUT2D eigenvalue weighted by Gasteiger charge is -2.05. The van der Waals surface area contributed by atoms with Gasteiger partial charge in [-0.15, -0.1) is 0 Å². The standard InChI is InChI=1S/C19H17N2O2/c22-19(23)18-13-16(14-20-9-3-1-4-10-20)7-8-17(18)15-21-11-5-2-6-12-21/h1-13H,14-15H2/q+1/p+1. The Kier molecular flexibility index (Phi) is 4.43. The molecule has 0 saturated heterocycles. The van der Waals surface area contributed by atoms with Crippen molar-refractivity contribution in [2.75, 3.05) is 0 Å². The third-order valence-electron chi connectivity index (χ3n) is 3.68. The maximum Gasteiger partial charge on any atom is 0.336 e. The van der Waals surface area contributed by atoms with E-state index in [2.05, 4.69) is 0 Å². The molecule has 3 rings (SSSR count). The van der Waals surface area contributed by atoms with Crippen LogP contribution in [0.3, 0.4) is 0 Å². The molecule has 23 heavy (non-hydrogen) atoms. The Balaban J connectivity index is 1.88. The molecule has 0 fully saturated rings. The van der Waals surface area contributed by atoms with E-state index < -0.39 is 5.97 Å². The fourth-order valence-corrected chi connectivity index (χ4v) is 2.55. The van der Waals surface area contributed by atoms with Gasteiger partial charge in [0.25, 0.3) is 0 Å². The minimum Gasteiger partial charge on any atom is -0.478 e. The van der Waals surface area contributed by atoms with Crippen LogP contribution in [0.4, 0.5) is 0 Å². The van der Waals surface area contributed by atoms with E-state index in [1.165, 1.54) is 0 Å². The second-order valence-electron chi connectivity index (χ2n) is 5.39. The van der Waals surface area contributed by atoms with E-state index in [1.54, 1.807) is 6.07 Å². The van der Waals surface area contributed by atoms with Crippen molar-refractivity contribution in [2.24, 2.45) is 0 Å². The molecule has 0 amide bonds. The van der Waals surface area contributed by atoms with Gasteiger partial charge in [-0.2, -0.15) is 0 Å². The average molecular weight is 306 g/mol. The minimum absolute atomic E-state index is 0.357. The number of aromatic nitrogens is 2. The van der Waals surface area contributed by atoms with E-state index in [4.69, 9.17) is 0 Å². The molecule has 0 aliphatic heterocycles. The third kappa shape index (κ3) is 3.80. The Hall–Kier alpha value is -3.01. The molecule has 0 saturated carbocycles. The fourth-order valence-electron chi connectivity index (χ4n) is 2.55. The lowest BCUT2D eigenvalue weighted by Crippen LogP contribution is -2.34. The monoisotopic (exact) mass is 306 g/mol. The Bertz CT molecular complexity index is 802. The van der Waals surface area contributed by atoms with Crippen LogP contribution >= 0.6 is 0 Å². The molecule has 0 bridgehead atoms. The first-order chi connectivity index (χ1) is 11.2. The molecule has 0 aliphatic carbocycles. The van der Waals surface area contributed by atoms with Crippen molar-refractivity contribution in [3.8, 4) is 0 Å². The van der Waals surface area contributed by atoms with E-state index in [-0.39, 0.29) is 0 Å². The van der Waals surface area contributed by atoms with Crippen LogP contribution in [0.15, 0.2) is 79.4 Å². The van der Waals surface area contributed by atoms with E-state index in [0.29, 0.717) is 18.7 Å². The smallest absolute Gasteiger partial charge is 0.336 e. The molecule has 114 valence electrons. The molecule has 0 unspecified atom stereocenters. The highest BCUT2D eigenvalue weighted by Crippen LogP contribution is 2.12. The third-order valence-corrected chi connectivity index (χ3v) is 3.68. The second-order valence-corrected chi connectivity index (χ2v) is 5.39. The summed E-state index contributed by atoms with van der Waals surface area (Å²) in [7, 11) is 0. The predicted octanol–water partition coefficient (Wildman–Crippen LogP) is 2.06. The molecule has 3 aromatic rings. The minimum atomic E-state index is -0.892. The van der Waals surface area contributed by atoms with Gasteiger partial charge in [0, 0.05) is 35.4 Å². The van der Waals surface area contributed by atoms with Crippen LogP contribution in [0.1, 0.15) is 21.5 Å². The molecule has 2 heterocycles. The van der Waals surface area contributed by atoms with Gasteiger partial charge in [-0.05, 0) is 6.07 Å². The number of nitrogens with zero attached hydrogens (tertiary/aromatic N) is 2. The van der Waals surface area contributed by atoms with Crippen LogP contribution in [0, 0.1) is 0 Å². The number of benzene rings is 1.